The molecular formula is C29H29NO5. The number of nitrogens with zero attached hydrogens (tertiary/aromatic N) is 1. The molecule has 0 aromatic heterocycles. The molecule has 1 amide bonds. The van der Waals surface area contributed by atoms with Crippen molar-refractivity contribution >= 4 is 23.1 Å². The summed E-state index contributed by atoms with van der Waals surface area (Å²) in [5, 5.41) is 11.4. The lowest BCUT2D eigenvalue weighted by Crippen LogP contribution is -2.29. The SMILES string of the molecule is CCOc1ccc(/C(O)=C2/C(=O)C(=O)N(c3ccc(OC)cc3)C2c2ccccc2)cc1C(C)C. The molecule has 4 rings (SSSR count). The highest BCUT2D eigenvalue weighted by Crippen LogP contribution is 2.43. The Morgan fingerprint density at radius 3 is 2.29 bits per heavy atom. The predicted molar refractivity (Wildman–Crippen MR) is 136 cm³/mol. The van der Waals surface area contributed by atoms with Crippen LogP contribution in [0.2, 0.25) is 0 Å². The maximum atomic E-state index is 13.3. The first-order chi connectivity index (χ1) is 16.9. The molecule has 180 valence electrons. The maximum absolute atomic E-state index is 13.3. The maximum Gasteiger partial charge on any atom is 0.300 e. The van der Waals surface area contributed by atoms with E-state index in [9.17, 15) is 14.7 Å². The van der Waals surface area contributed by atoms with Gasteiger partial charge in [0.25, 0.3) is 11.7 Å². The number of hydrogen-bond donors (Lipinski definition) is 1. The van der Waals surface area contributed by atoms with Crippen LogP contribution in [-0.2, 0) is 9.59 Å². The molecule has 0 radical (unpaired) electrons. The van der Waals surface area contributed by atoms with Gasteiger partial charge in [0.2, 0.25) is 0 Å². The Balaban J connectivity index is 1.90. The Morgan fingerprint density at radius 1 is 1.00 bits per heavy atom. The van der Waals surface area contributed by atoms with Crippen molar-refractivity contribution in [3.8, 4) is 11.5 Å². The van der Waals surface area contributed by atoms with Crippen LogP contribution >= 0.6 is 0 Å². The Labute approximate surface area is 205 Å². The molecule has 0 bridgehead atoms. The standard InChI is InChI=1S/C29H29NO5/c1-5-35-24-16-11-20(17-23(24)18(2)3)27(31)25-26(19-9-7-6-8-10-19)30(29(33)28(25)32)21-12-14-22(34-4)15-13-21/h6-18,26,31H,5H2,1-4H3/b27-25-. The van der Waals surface area contributed by atoms with Crippen LogP contribution in [0.3, 0.4) is 0 Å². The minimum atomic E-state index is -0.779. The van der Waals surface area contributed by atoms with Gasteiger partial charge in [-0.3, -0.25) is 14.5 Å². The molecule has 1 unspecified atom stereocenters. The molecule has 1 aliphatic rings. The minimum absolute atomic E-state index is 0.0517. The van der Waals surface area contributed by atoms with Gasteiger partial charge in [-0.05, 0) is 66.4 Å². The first kappa shape index (κ1) is 24.1. The monoisotopic (exact) mass is 471 g/mol. The Kier molecular flexibility index (Phi) is 6.92. The fourth-order valence-electron chi connectivity index (χ4n) is 4.38. The zero-order chi connectivity index (χ0) is 25.1. The molecule has 1 heterocycles. The Bertz CT molecular complexity index is 1260. The smallest absolute Gasteiger partial charge is 0.300 e. The number of anilines is 1. The summed E-state index contributed by atoms with van der Waals surface area (Å²) in [7, 11) is 1.56. The largest absolute Gasteiger partial charge is 0.507 e. The average molecular weight is 472 g/mol. The van der Waals surface area contributed by atoms with Crippen LogP contribution in [0.5, 0.6) is 11.5 Å². The van der Waals surface area contributed by atoms with Crippen molar-refractivity contribution in [1.82, 2.24) is 0 Å². The van der Waals surface area contributed by atoms with E-state index >= 15 is 0 Å². The number of hydrogen-bond acceptors (Lipinski definition) is 5. The van der Waals surface area contributed by atoms with Gasteiger partial charge in [0.1, 0.15) is 17.3 Å². The van der Waals surface area contributed by atoms with Gasteiger partial charge in [-0.1, -0.05) is 44.2 Å². The number of benzene rings is 3. The molecule has 0 saturated carbocycles. The normalized spacial score (nSPS) is 17.2. The van der Waals surface area contributed by atoms with Crippen LogP contribution in [0.1, 0.15) is 49.4 Å². The zero-order valence-electron chi connectivity index (χ0n) is 20.3. The molecule has 1 fully saturated rings. The summed E-state index contributed by atoms with van der Waals surface area (Å²) in [6.07, 6.45) is 0. The predicted octanol–water partition coefficient (Wildman–Crippen LogP) is 5.84. The molecule has 3 aromatic rings. The van der Waals surface area contributed by atoms with Gasteiger partial charge < -0.3 is 14.6 Å². The lowest BCUT2D eigenvalue weighted by atomic mass is 9.93. The van der Waals surface area contributed by atoms with E-state index < -0.39 is 17.7 Å². The lowest BCUT2D eigenvalue weighted by Gasteiger charge is -2.25. The number of amides is 1. The number of rotatable bonds is 7. The van der Waals surface area contributed by atoms with E-state index in [1.165, 1.54) is 4.90 Å². The van der Waals surface area contributed by atoms with Crippen molar-refractivity contribution in [1.29, 1.82) is 0 Å². The van der Waals surface area contributed by atoms with Gasteiger partial charge in [-0.25, -0.2) is 0 Å². The van der Waals surface area contributed by atoms with E-state index in [1.807, 2.05) is 57.2 Å². The van der Waals surface area contributed by atoms with Gasteiger partial charge in [0, 0.05) is 11.3 Å². The van der Waals surface area contributed by atoms with Crippen LogP contribution in [0.15, 0.2) is 78.4 Å². The van der Waals surface area contributed by atoms with Crippen molar-refractivity contribution in [3.05, 3.63) is 95.1 Å². The number of ketones is 1. The molecule has 0 spiro atoms. The van der Waals surface area contributed by atoms with Crippen LogP contribution in [0.4, 0.5) is 5.69 Å². The van der Waals surface area contributed by atoms with Gasteiger partial charge in [0.05, 0.1) is 25.3 Å². The number of aliphatic hydroxyl groups is 1. The van der Waals surface area contributed by atoms with Gasteiger partial charge in [-0.2, -0.15) is 0 Å². The molecule has 1 saturated heterocycles. The van der Waals surface area contributed by atoms with Crippen molar-refractivity contribution in [2.45, 2.75) is 32.7 Å². The molecule has 1 atom stereocenters. The van der Waals surface area contributed by atoms with Crippen molar-refractivity contribution in [2.24, 2.45) is 0 Å². The number of aliphatic hydroxyl groups excluding tert-OH is 1. The molecule has 1 aliphatic heterocycles. The summed E-state index contributed by atoms with van der Waals surface area (Å²) in [5.41, 5.74) is 2.69. The number of Topliss-reactive ketones (excluding diaryl/α,β-unsaturated/α-hetero) is 1. The van der Waals surface area contributed by atoms with Gasteiger partial charge in [-0.15, -0.1) is 0 Å². The first-order valence-corrected chi connectivity index (χ1v) is 11.6. The second-order valence-corrected chi connectivity index (χ2v) is 8.62. The van der Waals surface area contributed by atoms with Gasteiger partial charge in [0.15, 0.2) is 0 Å². The zero-order valence-corrected chi connectivity index (χ0v) is 20.3. The summed E-state index contributed by atoms with van der Waals surface area (Å²) < 4.78 is 11.0. The molecule has 6 nitrogen and oxygen atoms in total. The lowest BCUT2D eigenvalue weighted by molar-refractivity contribution is -0.132. The third-order valence-electron chi connectivity index (χ3n) is 6.12. The second kappa shape index (κ2) is 10.1. The summed E-state index contributed by atoms with van der Waals surface area (Å²) in [6, 6.07) is 20.7. The summed E-state index contributed by atoms with van der Waals surface area (Å²) in [5.74, 6) is -0.128. The molecule has 1 N–H and O–H groups in total. The van der Waals surface area contributed by atoms with E-state index in [4.69, 9.17) is 9.47 Å². The second-order valence-electron chi connectivity index (χ2n) is 8.62. The highest BCUT2D eigenvalue weighted by molar-refractivity contribution is 6.51. The number of ether oxygens (including phenoxy) is 2. The van der Waals surface area contributed by atoms with Crippen molar-refractivity contribution < 1.29 is 24.2 Å². The molecule has 3 aromatic carbocycles. The summed E-state index contributed by atoms with van der Waals surface area (Å²) in [4.78, 5) is 28.1. The number of carbonyl (C=O) groups excluding carboxylic acids is 2. The Hall–Kier alpha value is -4.06. The van der Waals surface area contributed by atoms with E-state index in [2.05, 4.69) is 0 Å². The van der Waals surface area contributed by atoms with E-state index in [-0.39, 0.29) is 17.3 Å². The quantitative estimate of drug-likeness (QED) is 0.266. The van der Waals surface area contributed by atoms with E-state index in [0.29, 0.717) is 23.6 Å². The molecule has 0 aliphatic carbocycles. The highest BCUT2D eigenvalue weighted by Gasteiger charge is 2.47. The van der Waals surface area contributed by atoms with E-state index in [0.717, 1.165) is 16.9 Å². The number of methoxy groups -OCH3 is 1. The van der Waals surface area contributed by atoms with Crippen LogP contribution in [0, 0.1) is 0 Å². The Morgan fingerprint density at radius 2 is 1.69 bits per heavy atom. The molecule has 6 heteroatoms. The fourth-order valence-corrected chi connectivity index (χ4v) is 4.38. The van der Waals surface area contributed by atoms with Crippen molar-refractivity contribution in [3.63, 3.8) is 0 Å². The highest BCUT2D eigenvalue weighted by atomic mass is 16.5. The minimum Gasteiger partial charge on any atom is -0.507 e. The van der Waals surface area contributed by atoms with Crippen LogP contribution < -0.4 is 14.4 Å². The average Bonchev–Trinajstić information content (AvgIpc) is 3.14. The third kappa shape index (κ3) is 4.52. The van der Waals surface area contributed by atoms with Crippen LogP contribution in [0.25, 0.3) is 5.76 Å². The molecular weight excluding hydrogens is 442 g/mol. The summed E-state index contributed by atoms with van der Waals surface area (Å²) >= 11 is 0. The number of carbonyl (C=O) groups is 2. The van der Waals surface area contributed by atoms with Gasteiger partial charge >= 0.3 is 0 Å². The third-order valence-corrected chi connectivity index (χ3v) is 6.12. The fraction of sp³-hybridized carbons (Fsp3) is 0.241. The van der Waals surface area contributed by atoms with Crippen molar-refractivity contribution in [2.75, 3.05) is 18.6 Å². The van der Waals surface area contributed by atoms with E-state index in [1.54, 1.807) is 43.5 Å². The van der Waals surface area contributed by atoms with Crippen LogP contribution in [-0.4, -0.2) is 30.5 Å². The summed E-state index contributed by atoms with van der Waals surface area (Å²) in [6.45, 7) is 6.51. The topological polar surface area (TPSA) is 76.1 Å². The molecule has 35 heavy (non-hydrogen) atoms. The first-order valence-electron chi connectivity index (χ1n) is 11.6.